The summed E-state index contributed by atoms with van der Waals surface area (Å²) in [5.41, 5.74) is 3.00. The number of benzene rings is 1. The molecule has 1 aromatic carbocycles. The van der Waals surface area contributed by atoms with E-state index in [-0.39, 0.29) is 5.78 Å². The average molecular weight is 230 g/mol. The molecule has 0 aliphatic carbocycles. The largest absolute Gasteiger partial charge is 0.347 e. The van der Waals surface area contributed by atoms with Crippen LogP contribution in [0.4, 0.5) is 0 Å². The van der Waals surface area contributed by atoms with E-state index in [0.29, 0.717) is 6.54 Å². The first-order valence-corrected chi connectivity index (χ1v) is 5.94. The zero-order chi connectivity index (χ0) is 12.4. The van der Waals surface area contributed by atoms with Gasteiger partial charge in [0.1, 0.15) is 0 Å². The Hall–Kier alpha value is -1.61. The number of fused-ring (bicyclic) bond motifs is 1. The van der Waals surface area contributed by atoms with Gasteiger partial charge in [-0.1, -0.05) is 25.1 Å². The molecule has 0 aliphatic heterocycles. The van der Waals surface area contributed by atoms with Gasteiger partial charge in [-0.2, -0.15) is 0 Å². The second kappa shape index (κ2) is 4.72. The van der Waals surface area contributed by atoms with Crippen LogP contribution in [0.1, 0.15) is 23.0 Å². The number of ketones is 1. The number of carbonyl (C=O) groups is 1. The summed E-state index contributed by atoms with van der Waals surface area (Å²) in [5, 5.41) is 4.14. The minimum Gasteiger partial charge on any atom is -0.347 e. The SMILES string of the molecule is CCNCC(=O)c1c(C)n(C)c2ccccc12. The molecule has 0 saturated heterocycles. The first-order valence-electron chi connectivity index (χ1n) is 5.94. The number of carbonyl (C=O) groups excluding carboxylic acids is 1. The monoisotopic (exact) mass is 230 g/mol. The van der Waals surface area contributed by atoms with Crippen LogP contribution in [0.25, 0.3) is 10.9 Å². The number of rotatable bonds is 4. The van der Waals surface area contributed by atoms with Crippen molar-refractivity contribution in [2.24, 2.45) is 7.05 Å². The maximum atomic E-state index is 12.2. The molecule has 0 fully saturated rings. The summed E-state index contributed by atoms with van der Waals surface area (Å²) < 4.78 is 2.08. The third-order valence-electron chi connectivity index (χ3n) is 3.21. The molecular formula is C14H18N2O. The molecule has 0 aliphatic rings. The van der Waals surface area contributed by atoms with Gasteiger partial charge in [0.25, 0.3) is 0 Å². The van der Waals surface area contributed by atoms with E-state index in [4.69, 9.17) is 0 Å². The normalized spacial score (nSPS) is 11.0. The number of hydrogen-bond donors (Lipinski definition) is 1. The van der Waals surface area contributed by atoms with Crippen molar-refractivity contribution in [1.82, 2.24) is 9.88 Å². The highest BCUT2D eigenvalue weighted by molar-refractivity contribution is 6.10. The Kier molecular flexibility index (Phi) is 3.29. The predicted octanol–water partition coefficient (Wildman–Crippen LogP) is 2.28. The second-order valence-electron chi connectivity index (χ2n) is 4.24. The first kappa shape index (κ1) is 11.9. The lowest BCUT2D eigenvalue weighted by atomic mass is 10.1. The number of Topliss-reactive ketones (excluding diaryl/α,β-unsaturated/α-hetero) is 1. The van der Waals surface area contributed by atoms with Gasteiger partial charge >= 0.3 is 0 Å². The van der Waals surface area contributed by atoms with Crippen LogP contribution in [0.2, 0.25) is 0 Å². The molecule has 90 valence electrons. The predicted molar refractivity (Wildman–Crippen MR) is 70.5 cm³/mol. The van der Waals surface area contributed by atoms with Crippen LogP contribution >= 0.6 is 0 Å². The van der Waals surface area contributed by atoms with Crippen molar-refractivity contribution in [3.63, 3.8) is 0 Å². The molecule has 0 radical (unpaired) electrons. The molecule has 2 aromatic rings. The molecule has 2 rings (SSSR count). The van der Waals surface area contributed by atoms with Gasteiger partial charge in [-0.3, -0.25) is 4.79 Å². The Labute approximate surface area is 101 Å². The van der Waals surface area contributed by atoms with Crippen LogP contribution in [-0.2, 0) is 7.05 Å². The average Bonchev–Trinajstić information content (AvgIpc) is 2.60. The molecule has 3 nitrogen and oxygen atoms in total. The van der Waals surface area contributed by atoms with Gasteiger partial charge < -0.3 is 9.88 Å². The molecule has 0 bridgehead atoms. The smallest absolute Gasteiger partial charge is 0.179 e. The minimum absolute atomic E-state index is 0.168. The van der Waals surface area contributed by atoms with E-state index in [0.717, 1.165) is 28.7 Å². The Morgan fingerprint density at radius 2 is 2.06 bits per heavy atom. The molecule has 0 unspecified atom stereocenters. The number of nitrogens with zero attached hydrogens (tertiary/aromatic N) is 1. The molecule has 3 heteroatoms. The Bertz CT molecular complexity index is 555. The number of aromatic nitrogens is 1. The van der Waals surface area contributed by atoms with Gasteiger partial charge in [-0.15, -0.1) is 0 Å². The third kappa shape index (κ3) is 1.98. The fourth-order valence-electron chi connectivity index (χ4n) is 2.20. The fraction of sp³-hybridized carbons (Fsp3) is 0.357. The van der Waals surface area contributed by atoms with Gasteiger partial charge in [-0.25, -0.2) is 0 Å². The third-order valence-corrected chi connectivity index (χ3v) is 3.21. The minimum atomic E-state index is 0.168. The Morgan fingerprint density at radius 1 is 1.35 bits per heavy atom. The topological polar surface area (TPSA) is 34.0 Å². The van der Waals surface area contributed by atoms with Crippen molar-refractivity contribution in [3.05, 3.63) is 35.5 Å². The molecule has 17 heavy (non-hydrogen) atoms. The summed E-state index contributed by atoms with van der Waals surface area (Å²) in [6.45, 7) is 5.23. The van der Waals surface area contributed by atoms with Crippen molar-refractivity contribution in [2.75, 3.05) is 13.1 Å². The van der Waals surface area contributed by atoms with Crippen LogP contribution in [0, 0.1) is 6.92 Å². The van der Waals surface area contributed by atoms with Crippen molar-refractivity contribution >= 4 is 16.7 Å². The van der Waals surface area contributed by atoms with E-state index in [9.17, 15) is 4.79 Å². The summed E-state index contributed by atoms with van der Waals surface area (Å²) >= 11 is 0. The van der Waals surface area contributed by atoms with Crippen molar-refractivity contribution in [3.8, 4) is 0 Å². The van der Waals surface area contributed by atoms with Crippen LogP contribution in [0.3, 0.4) is 0 Å². The molecule has 1 aromatic heterocycles. The molecule has 0 amide bonds. The molecular weight excluding hydrogens is 212 g/mol. The first-order chi connectivity index (χ1) is 8.16. The molecule has 0 spiro atoms. The van der Waals surface area contributed by atoms with Gasteiger partial charge in [-0.05, 0) is 19.5 Å². The quantitative estimate of drug-likeness (QED) is 0.818. The lowest BCUT2D eigenvalue weighted by Crippen LogP contribution is -2.23. The van der Waals surface area contributed by atoms with Gasteiger partial charge in [0.05, 0.1) is 6.54 Å². The second-order valence-corrected chi connectivity index (χ2v) is 4.24. The van der Waals surface area contributed by atoms with E-state index in [1.807, 2.05) is 45.2 Å². The van der Waals surface area contributed by atoms with E-state index in [1.54, 1.807) is 0 Å². The number of nitrogens with one attached hydrogen (secondary N) is 1. The van der Waals surface area contributed by atoms with Crippen LogP contribution in [0.15, 0.2) is 24.3 Å². The number of aryl methyl sites for hydroxylation is 1. The number of hydrogen-bond acceptors (Lipinski definition) is 2. The highest BCUT2D eigenvalue weighted by Crippen LogP contribution is 2.24. The van der Waals surface area contributed by atoms with E-state index in [1.165, 1.54) is 0 Å². The molecule has 1 heterocycles. The van der Waals surface area contributed by atoms with Crippen molar-refractivity contribution in [1.29, 1.82) is 0 Å². The van der Waals surface area contributed by atoms with Crippen LogP contribution < -0.4 is 5.32 Å². The van der Waals surface area contributed by atoms with Crippen LogP contribution in [-0.4, -0.2) is 23.4 Å². The van der Waals surface area contributed by atoms with Gasteiger partial charge in [0, 0.05) is 29.2 Å². The van der Waals surface area contributed by atoms with E-state index < -0.39 is 0 Å². The van der Waals surface area contributed by atoms with Crippen molar-refractivity contribution < 1.29 is 4.79 Å². The Morgan fingerprint density at radius 3 is 2.76 bits per heavy atom. The summed E-state index contributed by atoms with van der Waals surface area (Å²) in [7, 11) is 2.00. The lowest BCUT2D eigenvalue weighted by molar-refractivity contribution is 0.0992. The Balaban J connectivity index is 2.53. The summed E-state index contributed by atoms with van der Waals surface area (Å²) in [5.74, 6) is 0.168. The zero-order valence-corrected chi connectivity index (χ0v) is 10.6. The zero-order valence-electron chi connectivity index (χ0n) is 10.6. The van der Waals surface area contributed by atoms with Crippen LogP contribution in [0.5, 0.6) is 0 Å². The molecule has 0 atom stereocenters. The summed E-state index contributed by atoms with van der Waals surface area (Å²) in [4.78, 5) is 12.2. The maximum absolute atomic E-state index is 12.2. The van der Waals surface area contributed by atoms with Crippen molar-refractivity contribution in [2.45, 2.75) is 13.8 Å². The van der Waals surface area contributed by atoms with Gasteiger partial charge in [0.15, 0.2) is 5.78 Å². The van der Waals surface area contributed by atoms with E-state index >= 15 is 0 Å². The summed E-state index contributed by atoms with van der Waals surface area (Å²) in [6, 6.07) is 8.04. The lowest BCUT2D eigenvalue weighted by Gasteiger charge is -2.02. The standard InChI is InChI=1S/C14H18N2O/c1-4-15-9-13(17)14-10(2)16(3)12-8-6-5-7-11(12)14/h5-8,15H,4,9H2,1-3H3. The molecule has 0 saturated carbocycles. The highest BCUT2D eigenvalue weighted by atomic mass is 16.1. The number of para-hydroxylation sites is 1. The van der Waals surface area contributed by atoms with Gasteiger partial charge in [0.2, 0.25) is 0 Å². The fourth-order valence-corrected chi connectivity index (χ4v) is 2.20. The number of likely N-dealkylation sites (N-methyl/N-ethyl adjacent to an activating group) is 1. The highest BCUT2D eigenvalue weighted by Gasteiger charge is 2.17. The molecule has 1 N–H and O–H groups in total. The maximum Gasteiger partial charge on any atom is 0.179 e. The summed E-state index contributed by atoms with van der Waals surface area (Å²) in [6.07, 6.45) is 0. The van der Waals surface area contributed by atoms with E-state index in [2.05, 4.69) is 9.88 Å².